The van der Waals surface area contributed by atoms with E-state index in [0.717, 1.165) is 5.56 Å². The molecule has 0 radical (unpaired) electrons. The van der Waals surface area contributed by atoms with E-state index in [1.54, 1.807) is 14.0 Å². The number of rotatable bonds is 5. The number of nitrogens with one attached hydrogen (secondary N) is 1. The van der Waals surface area contributed by atoms with Crippen LogP contribution in [0.25, 0.3) is 0 Å². The van der Waals surface area contributed by atoms with Gasteiger partial charge in [0.15, 0.2) is 4.77 Å². The van der Waals surface area contributed by atoms with Crippen LogP contribution in [0.3, 0.4) is 0 Å². The van der Waals surface area contributed by atoms with Crippen molar-refractivity contribution in [3.8, 4) is 11.6 Å². The Labute approximate surface area is 167 Å². The van der Waals surface area contributed by atoms with Crippen LogP contribution in [0.2, 0.25) is 0 Å². The number of benzene rings is 1. The molecule has 0 saturated heterocycles. The van der Waals surface area contributed by atoms with Gasteiger partial charge in [-0.15, -0.1) is 0 Å². The molecule has 0 fully saturated rings. The van der Waals surface area contributed by atoms with Gasteiger partial charge in [-0.3, -0.25) is 19.1 Å². The lowest BCUT2D eigenvalue weighted by Gasteiger charge is -2.23. The summed E-state index contributed by atoms with van der Waals surface area (Å²) in [6.07, 6.45) is 0.522. The minimum absolute atomic E-state index is 0.0152. The van der Waals surface area contributed by atoms with Crippen LogP contribution in [0.1, 0.15) is 43.9 Å². The zero-order chi connectivity index (χ0) is 20.4. The fraction of sp³-hybridized carbons (Fsp3) is 0.368. The fourth-order valence-electron chi connectivity index (χ4n) is 3.21. The third-order valence-corrected chi connectivity index (χ3v) is 5.00. The average molecular weight is 402 g/mol. The quantitative estimate of drug-likeness (QED) is 0.749. The van der Waals surface area contributed by atoms with Crippen molar-refractivity contribution in [1.82, 2.24) is 14.6 Å². The predicted molar refractivity (Wildman–Crippen MR) is 107 cm³/mol. The number of aromatic nitrogens is 2. The van der Waals surface area contributed by atoms with E-state index in [4.69, 9.17) is 17.0 Å². The number of hydrazone groups is 1. The highest BCUT2D eigenvalue weighted by Crippen LogP contribution is 2.38. The minimum Gasteiger partial charge on any atom is -0.494 e. The monoisotopic (exact) mass is 402 g/mol. The first-order chi connectivity index (χ1) is 13.4. The molecule has 1 aliphatic rings. The highest BCUT2D eigenvalue weighted by molar-refractivity contribution is 7.71. The fourth-order valence-corrected chi connectivity index (χ4v) is 3.39. The molecule has 0 saturated carbocycles. The molecule has 28 heavy (non-hydrogen) atoms. The van der Waals surface area contributed by atoms with Gasteiger partial charge in [-0.1, -0.05) is 25.1 Å². The molecule has 1 aliphatic heterocycles. The van der Waals surface area contributed by atoms with E-state index in [9.17, 15) is 14.7 Å². The number of carbonyl (C=O) groups excluding carboxylic acids is 1. The Bertz CT molecular complexity index is 1060. The Morgan fingerprint density at radius 1 is 1.39 bits per heavy atom. The minimum atomic E-state index is -0.540. The Morgan fingerprint density at radius 2 is 2.11 bits per heavy atom. The molecule has 2 N–H and O–H groups in total. The summed E-state index contributed by atoms with van der Waals surface area (Å²) in [6.45, 7) is 4.11. The van der Waals surface area contributed by atoms with Crippen molar-refractivity contribution in [2.24, 2.45) is 12.1 Å². The van der Waals surface area contributed by atoms with Gasteiger partial charge in [0.2, 0.25) is 11.8 Å². The summed E-state index contributed by atoms with van der Waals surface area (Å²) in [5.74, 6) is 0.187. The van der Waals surface area contributed by atoms with Crippen molar-refractivity contribution in [1.29, 1.82) is 0 Å². The molecule has 0 unspecified atom stereocenters. The first kappa shape index (κ1) is 19.8. The van der Waals surface area contributed by atoms with Crippen LogP contribution in [0.15, 0.2) is 34.2 Å². The molecule has 1 aromatic carbocycles. The van der Waals surface area contributed by atoms with Crippen molar-refractivity contribution in [3.05, 3.63) is 50.5 Å². The van der Waals surface area contributed by atoms with Gasteiger partial charge in [0.25, 0.3) is 5.56 Å². The normalized spacial score (nSPS) is 16.2. The number of hydrogen-bond acceptors (Lipinski definition) is 6. The van der Waals surface area contributed by atoms with Crippen molar-refractivity contribution < 1.29 is 14.6 Å². The van der Waals surface area contributed by atoms with Crippen LogP contribution >= 0.6 is 12.2 Å². The summed E-state index contributed by atoms with van der Waals surface area (Å²) in [5, 5.41) is 16.2. The Morgan fingerprint density at radius 3 is 2.79 bits per heavy atom. The summed E-state index contributed by atoms with van der Waals surface area (Å²) in [7, 11) is 1.55. The smallest absolute Gasteiger partial charge is 0.264 e. The van der Waals surface area contributed by atoms with E-state index < -0.39 is 11.6 Å². The summed E-state index contributed by atoms with van der Waals surface area (Å²) in [4.78, 5) is 27.5. The molecule has 1 amide bonds. The van der Waals surface area contributed by atoms with E-state index in [1.165, 1.54) is 9.58 Å². The summed E-state index contributed by atoms with van der Waals surface area (Å²) in [6, 6.07) is 7.00. The van der Waals surface area contributed by atoms with Gasteiger partial charge in [-0.2, -0.15) is 5.10 Å². The van der Waals surface area contributed by atoms with Crippen LogP contribution in [-0.2, 0) is 11.8 Å². The highest BCUT2D eigenvalue weighted by atomic mass is 32.1. The molecule has 1 aromatic heterocycles. The molecule has 148 valence electrons. The lowest BCUT2D eigenvalue weighted by atomic mass is 9.98. The van der Waals surface area contributed by atoms with Crippen molar-refractivity contribution >= 4 is 23.8 Å². The van der Waals surface area contributed by atoms with Gasteiger partial charge in [0.1, 0.15) is 11.3 Å². The summed E-state index contributed by atoms with van der Waals surface area (Å²) in [5.41, 5.74) is 0.593. The highest BCUT2D eigenvalue weighted by Gasteiger charge is 2.36. The second kappa shape index (κ2) is 7.97. The molecule has 3 rings (SSSR count). The summed E-state index contributed by atoms with van der Waals surface area (Å²) >= 11 is 5.02. The van der Waals surface area contributed by atoms with Gasteiger partial charge >= 0.3 is 0 Å². The number of para-hydroxylation sites is 1. The molecule has 0 aliphatic carbocycles. The topological polar surface area (TPSA) is 99.9 Å². The number of nitrogens with zero attached hydrogens (tertiary/aromatic N) is 3. The van der Waals surface area contributed by atoms with Crippen LogP contribution in [0.5, 0.6) is 11.6 Å². The molecule has 0 bridgehead atoms. The Balaban J connectivity index is 2.11. The lowest BCUT2D eigenvalue weighted by Crippen LogP contribution is -2.26. The number of ether oxygens (including phenoxy) is 1. The second-order valence-electron chi connectivity index (χ2n) is 6.35. The maximum Gasteiger partial charge on any atom is 0.264 e. The van der Waals surface area contributed by atoms with Crippen molar-refractivity contribution in [3.63, 3.8) is 0 Å². The number of aromatic hydroxyl groups is 1. The van der Waals surface area contributed by atoms with Crippen LogP contribution in [0.4, 0.5) is 0 Å². The zero-order valence-electron chi connectivity index (χ0n) is 15.9. The zero-order valence-corrected chi connectivity index (χ0v) is 16.7. The number of hydrogen-bond donors (Lipinski definition) is 2. The standard InChI is InChI=1S/C19H22N4O4S/c1-4-15(24)23-13(11-8-6-7-9-14(11)27-5-2)10-12(21-23)16-17(25)20-19(28)22(3)18(16)26/h6-9,13,26H,4-5,10H2,1-3H3,(H,20,25,28)/t13-/m1/s1. The summed E-state index contributed by atoms with van der Waals surface area (Å²) < 4.78 is 7.11. The molecular weight excluding hydrogens is 380 g/mol. The maximum absolute atomic E-state index is 12.5. The maximum atomic E-state index is 12.5. The second-order valence-corrected chi connectivity index (χ2v) is 6.73. The largest absolute Gasteiger partial charge is 0.494 e. The molecule has 8 nitrogen and oxygen atoms in total. The SMILES string of the molecule is CCOc1ccccc1[C@H]1CC(c2c(O)n(C)c(=S)[nH]c2=O)=NN1C(=O)CC. The Kier molecular flexibility index (Phi) is 5.64. The van der Waals surface area contributed by atoms with Gasteiger partial charge in [0.05, 0.1) is 18.4 Å². The van der Waals surface area contributed by atoms with E-state index in [0.29, 0.717) is 18.1 Å². The van der Waals surface area contributed by atoms with Crippen molar-refractivity contribution in [2.45, 2.75) is 32.7 Å². The molecule has 9 heteroatoms. The van der Waals surface area contributed by atoms with Crippen molar-refractivity contribution in [2.75, 3.05) is 6.61 Å². The average Bonchev–Trinajstić information content (AvgIpc) is 3.11. The van der Waals surface area contributed by atoms with E-state index in [-0.39, 0.29) is 35.0 Å². The first-order valence-electron chi connectivity index (χ1n) is 9.02. The van der Waals surface area contributed by atoms with E-state index >= 15 is 0 Å². The van der Waals surface area contributed by atoms with Crippen LogP contribution in [-0.4, -0.2) is 37.9 Å². The van der Waals surface area contributed by atoms with Crippen LogP contribution in [0, 0.1) is 4.77 Å². The first-order valence-corrected chi connectivity index (χ1v) is 9.43. The number of carbonyl (C=O) groups is 1. The Hall–Kier alpha value is -2.94. The predicted octanol–water partition coefficient (Wildman–Crippen LogP) is 2.63. The van der Waals surface area contributed by atoms with Gasteiger partial charge in [0, 0.05) is 25.5 Å². The third-order valence-electron chi connectivity index (χ3n) is 4.63. The molecule has 2 heterocycles. The third kappa shape index (κ3) is 3.45. The van der Waals surface area contributed by atoms with Gasteiger partial charge in [-0.25, -0.2) is 5.01 Å². The molecule has 0 spiro atoms. The number of amides is 1. The molecular formula is C19H22N4O4S. The molecule has 2 aromatic rings. The van der Waals surface area contributed by atoms with E-state index in [2.05, 4.69) is 10.1 Å². The molecule has 1 atom stereocenters. The number of aromatic amines is 1. The van der Waals surface area contributed by atoms with E-state index in [1.807, 2.05) is 31.2 Å². The van der Waals surface area contributed by atoms with Gasteiger partial charge < -0.3 is 9.84 Å². The lowest BCUT2D eigenvalue weighted by molar-refractivity contribution is -0.132. The van der Waals surface area contributed by atoms with Gasteiger partial charge in [-0.05, 0) is 25.2 Å². The number of H-pyrrole nitrogens is 1. The van der Waals surface area contributed by atoms with Crippen LogP contribution < -0.4 is 10.3 Å².